The van der Waals surface area contributed by atoms with Gasteiger partial charge in [0.2, 0.25) is 0 Å². The minimum absolute atomic E-state index is 0.334. The summed E-state index contributed by atoms with van der Waals surface area (Å²) in [4.78, 5) is 0. The predicted octanol–water partition coefficient (Wildman–Crippen LogP) is 7.89. The van der Waals surface area contributed by atoms with Crippen LogP contribution in [-0.2, 0) is 0 Å². The largest absolute Gasteiger partial charge is 0.0843 e. The molecule has 2 unspecified atom stereocenters. The Morgan fingerprint density at radius 1 is 0.840 bits per heavy atom. The fraction of sp³-hybridized carbons (Fsp3) is 0.391. The van der Waals surface area contributed by atoms with E-state index in [0.717, 1.165) is 16.5 Å². The summed E-state index contributed by atoms with van der Waals surface area (Å²) in [5, 5.41) is 1.55. The zero-order chi connectivity index (χ0) is 18.2. The molecule has 2 aromatic rings. The maximum absolute atomic E-state index is 6.12. The van der Waals surface area contributed by atoms with Gasteiger partial charge in [0.25, 0.3) is 0 Å². The lowest BCUT2D eigenvalue weighted by molar-refractivity contribution is 0.242. The van der Waals surface area contributed by atoms with Gasteiger partial charge in [0.1, 0.15) is 0 Å². The molecule has 25 heavy (non-hydrogen) atoms. The van der Waals surface area contributed by atoms with E-state index in [-0.39, 0.29) is 0 Å². The van der Waals surface area contributed by atoms with E-state index < -0.39 is 0 Å². The van der Waals surface area contributed by atoms with Crippen molar-refractivity contribution in [2.75, 3.05) is 0 Å². The molecule has 0 N–H and O–H groups in total. The molecule has 0 amide bonds. The zero-order valence-electron chi connectivity index (χ0n) is 15.4. The van der Waals surface area contributed by atoms with Gasteiger partial charge in [-0.1, -0.05) is 80.7 Å². The Balaban J connectivity index is 2.14. The SMILES string of the molecule is CC1CC(C(C)(C)C)CC1=C(c1ccc(Cl)cc1)c1ccc(Cl)cc1. The molecule has 0 bridgehead atoms. The first-order chi connectivity index (χ1) is 11.8. The fourth-order valence-corrected chi connectivity index (χ4v) is 4.15. The Kier molecular flexibility index (Phi) is 5.32. The summed E-state index contributed by atoms with van der Waals surface area (Å²) in [6.45, 7) is 9.44. The molecule has 2 heteroatoms. The molecule has 3 rings (SSSR count). The van der Waals surface area contributed by atoms with Crippen molar-refractivity contribution in [1.82, 2.24) is 0 Å². The lowest BCUT2D eigenvalue weighted by atomic mass is 9.79. The van der Waals surface area contributed by atoms with E-state index in [4.69, 9.17) is 23.2 Å². The van der Waals surface area contributed by atoms with Crippen LogP contribution in [0, 0.1) is 17.3 Å². The van der Waals surface area contributed by atoms with E-state index >= 15 is 0 Å². The van der Waals surface area contributed by atoms with Gasteiger partial charge in [0.05, 0.1) is 0 Å². The van der Waals surface area contributed by atoms with Crippen LogP contribution in [-0.4, -0.2) is 0 Å². The van der Waals surface area contributed by atoms with E-state index in [0.29, 0.717) is 17.3 Å². The normalized spacial score (nSPS) is 20.8. The number of benzene rings is 2. The third-order valence-corrected chi connectivity index (χ3v) is 6.01. The van der Waals surface area contributed by atoms with E-state index in [2.05, 4.69) is 52.0 Å². The van der Waals surface area contributed by atoms with Crippen molar-refractivity contribution in [3.05, 3.63) is 75.3 Å². The van der Waals surface area contributed by atoms with Crippen LogP contribution in [0.15, 0.2) is 54.1 Å². The summed E-state index contributed by atoms with van der Waals surface area (Å²) in [5.41, 5.74) is 5.73. The van der Waals surface area contributed by atoms with Gasteiger partial charge < -0.3 is 0 Å². The highest BCUT2D eigenvalue weighted by Crippen LogP contribution is 2.48. The van der Waals surface area contributed by atoms with Gasteiger partial charge >= 0.3 is 0 Å². The predicted molar refractivity (Wildman–Crippen MR) is 110 cm³/mol. The minimum atomic E-state index is 0.334. The topological polar surface area (TPSA) is 0 Å². The van der Waals surface area contributed by atoms with Crippen molar-refractivity contribution < 1.29 is 0 Å². The van der Waals surface area contributed by atoms with Crippen LogP contribution in [0.25, 0.3) is 5.57 Å². The van der Waals surface area contributed by atoms with Gasteiger partial charge in [-0.15, -0.1) is 0 Å². The lowest BCUT2D eigenvalue weighted by Gasteiger charge is -2.26. The van der Waals surface area contributed by atoms with E-state index in [9.17, 15) is 0 Å². The van der Waals surface area contributed by atoms with Crippen molar-refractivity contribution in [3.8, 4) is 0 Å². The molecule has 0 aromatic heterocycles. The average molecular weight is 373 g/mol. The van der Waals surface area contributed by atoms with Gasteiger partial charge in [0.15, 0.2) is 0 Å². The highest BCUT2D eigenvalue weighted by atomic mass is 35.5. The van der Waals surface area contributed by atoms with Crippen molar-refractivity contribution in [2.45, 2.75) is 40.5 Å². The average Bonchev–Trinajstić information content (AvgIpc) is 2.93. The summed E-state index contributed by atoms with van der Waals surface area (Å²) in [5.74, 6) is 1.30. The number of allylic oxidation sites excluding steroid dienone is 1. The molecule has 2 aromatic carbocycles. The third kappa shape index (κ3) is 4.13. The zero-order valence-corrected chi connectivity index (χ0v) is 17.0. The summed E-state index contributed by atoms with van der Waals surface area (Å²) in [6, 6.07) is 16.5. The molecule has 0 aliphatic heterocycles. The van der Waals surface area contributed by atoms with Crippen LogP contribution in [0.4, 0.5) is 0 Å². The summed E-state index contributed by atoms with van der Waals surface area (Å²) >= 11 is 12.2. The van der Waals surface area contributed by atoms with E-state index in [1.165, 1.54) is 23.1 Å². The van der Waals surface area contributed by atoms with Crippen LogP contribution in [0.2, 0.25) is 10.0 Å². The molecule has 0 spiro atoms. The smallest absolute Gasteiger partial charge is 0.0406 e. The standard InChI is InChI=1S/C23H26Cl2/c1-15-13-18(23(2,3)4)14-21(15)22(16-5-9-19(24)10-6-16)17-7-11-20(25)12-8-17/h5-12,15,18H,13-14H2,1-4H3. The van der Waals surface area contributed by atoms with Crippen LogP contribution in [0.5, 0.6) is 0 Å². The first-order valence-electron chi connectivity index (χ1n) is 9.00. The maximum Gasteiger partial charge on any atom is 0.0406 e. The molecule has 1 aliphatic carbocycles. The van der Waals surface area contributed by atoms with Crippen molar-refractivity contribution in [3.63, 3.8) is 0 Å². The van der Waals surface area contributed by atoms with E-state index in [1.54, 1.807) is 5.57 Å². The van der Waals surface area contributed by atoms with Crippen LogP contribution >= 0.6 is 23.2 Å². The molecule has 1 aliphatic rings. The monoisotopic (exact) mass is 372 g/mol. The van der Waals surface area contributed by atoms with Crippen molar-refractivity contribution >= 4 is 28.8 Å². The highest BCUT2D eigenvalue weighted by Gasteiger charge is 2.35. The fourth-order valence-electron chi connectivity index (χ4n) is 3.90. The Bertz CT molecular complexity index is 714. The number of hydrogen-bond donors (Lipinski definition) is 0. The molecule has 132 valence electrons. The molecule has 0 heterocycles. The Labute approximate surface area is 161 Å². The van der Waals surface area contributed by atoms with Gasteiger partial charge in [0, 0.05) is 10.0 Å². The minimum Gasteiger partial charge on any atom is -0.0843 e. The second-order valence-corrected chi connectivity index (χ2v) is 9.19. The van der Waals surface area contributed by atoms with Crippen LogP contribution in [0.1, 0.15) is 51.7 Å². The van der Waals surface area contributed by atoms with Gasteiger partial charge in [-0.05, 0) is 71.1 Å². The number of halogens is 2. The third-order valence-electron chi connectivity index (χ3n) is 5.51. The maximum atomic E-state index is 6.12. The quantitative estimate of drug-likeness (QED) is 0.502. The van der Waals surface area contributed by atoms with Crippen LogP contribution < -0.4 is 0 Å². The molecule has 1 fully saturated rings. The van der Waals surface area contributed by atoms with Gasteiger partial charge in [-0.25, -0.2) is 0 Å². The second-order valence-electron chi connectivity index (χ2n) is 8.32. The van der Waals surface area contributed by atoms with E-state index in [1.807, 2.05) is 24.3 Å². The van der Waals surface area contributed by atoms with Crippen molar-refractivity contribution in [2.24, 2.45) is 17.3 Å². The highest BCUT2D eigenvalue weighted by molar-refractivity contribution is 6.31. The molecule has 2 atom stereocenters. The first-order valence-corrected chi connectivity index (χ1v) is 9.76. The summed E-state index contributed by atoms with van der Waals surface area (Å²) in [7, 11) is 0. The Morgan fingerprint density at radius 2 is 1.28 bits per heavy atom. The molecular weight excluding hydrogens is 347 g/mol. The molecule has 0 saturated heterocycles. The first kappa shape index (κ1) is 18.5. The molecule has 0 radical (unpaired) electrons. The summed E-state index contributed by atoms with van der Waals surface area (Å²) < 4.78 is 0. The second kappa shape index (κ2) is 7.17. The molecular formula is C23H26Cl2. The Morgan fingerprint density at radius 3 is 1.64 bits per heavy atom. The Hall–Kier alpha value is -1.24. The lowest BCUT2D eigenvalue weighted by Crippen LogP contribution is -2.17. The van der Waals surface area contributed by atoms with Gasteiger partial charge in [-0.3, -0.25) is 0 Å². The van der Waals surface area contributed by atoms with Crippen LogP contribution in [0.3, 0.4) is 0 Å². The van der Waals surface area contributed by atoms with Gasteiger partial charge in [-0.2, -0.15) is 0 Å². The molecule has 1 saturated carbocycles. The number of hydrogen-bond acceptors (Lipinski definition) is 0. The number of rotatable bonds is 2. The summed E-state index contributed by atoms with van der Waals surface area (Å²) in [6.07, 6.45) is 2.41. The van der Waals surface area contributed by atoms with Crippen molar-refractivity contribution in [1.29, 1.82) is 0 Å². The molecule has 0 nitrogen and oxygen atoms in total.